The maximum atomic E-state index is 12.8. The largest absolute Gasteiger partial charge is 0.416 e. The first-order valence-corrected chi connectivity index (χ1v) is 9.05. The Morgan fingerprint density at radius 2 is 1.59 bits per heavy atom. The predicted octanol–water partition coefficient (Wildman–Crippen LogP) is 4.82. The fourth-order valence-electron chi connectivity index (χ4n) is 2.76. The zero-order chi connectivity index (χ0) is 23.5. The van der Waals surface area contributed by atoms with Crippen LogP contribution in [0.3, 0.4) is 0 Å². The number of amides is 2. The molecule has 0 unspecified atom stereocenters. The highest BCUT2D eigenvalue weighted by molar-refractivity contribution is 6.08. The van der Waals surface area contributed by atoms with Crippen molar-refractivity contribution in [1.82, 2.24) is 4.98 Å². The first-order valence-electron chi connectivity index (χ1n) is 9.05. The van der Waals surface area contributed by atoms with Crippen molar-refractivity contribution >= 4 is 28.9 Å². The third-order valence-electron chi connectivity index (χ3n) is 4.36. The van der Waals surface area contributed by atoms with Crippen LogP contribution in [0.25, 0.3) is 0 Å². The summed E-state index contributed by atoms with van der Waals surface area (Å²) >= 11 is 0. The van der Waals surface area contributed by atoms with E-state index in [9.17, 15) is 32.9 Å². The first kappa shape index (κ1) is 22.4. The number of carbonyl (C=O) groups excluding carboxylic acids is 2. The van der Waals surface area contributed by atoms with Gasteiger partial charge in [0.2, 0.25) is 0 Å². The number of benzene rings is 2. The molecule has 0 aliphatic rings. The monoisotopic (exact) mass is 444 g/mol. The van der Waals surface area contributed by atoms with Crippen LogP contribution in [0.2, 0.25) is 0 Å². The van der Waals surface area contributed by atoms with Gasteiger partial charge in [-0.1, -0.05) is 12.1 Å². The van der Waals surface area contributed by atoms with Crippen molar-refractivity contribution in [3.05, 3.63) is 93.3 Å². The van der Waals surface area contributed by atoms with Gasteiger partial charge in [-0.25, -0.2) is 0 Å². The van der Waals surface area contributed by atoms with Gasteiger partial charge >= 0.3 is 6.18 Å². The lowest BCUT2D eigenvalue weighted by Crippen LogP contribution is -2.16. The van der Waals surface area contributed by atoms with Gasteiger partial charge in [0, 0.05) is 23.0 Å². The Morgan fingerprint density at radius 1 is 0.969 bits per heavy atom. The van der Waals surface area contributed by atoms with Gasteiger partial charge in [-0.3, -0.25) is 24.7 Å². The van der Waals surface area contributed by atoms with Crippen molar-refractivity contribution in [3.63, 3.8) is 0 Å². The number of nitrogens with one attached hydrogen (secondary N) is 2. The Bertz CT molecular complexity index is 1210. The molecule has 0 aliphatic heterocycles. The van der Waals surface area contributed by atoms with E-state index in [0.29, 0.717) is 0 Å². The van der Waals surface area contributed by atoms with Crippen molar-refractivity contribution in [2.75, 3.05) is 10.6 Å². The minimum absolute atomic E-state index is 0.0157. The van der Waals surface area contributed by atoms with Crippen molar-refractivity contribution in [1.29, 1.82) is 0 Å². The summed E-state index contributed by atoms with van der Waals surface area (Å²) < 4.78 is 38.5. The highest BCUT2D eigenvalue weighted by Crippen LogP contribution is 2.30. The smallest absolute Gasteiger partial charge is 0.322 e. The number of aryl methyl sites for hydroxylation is 1. The topological polar surface area (TPSA) is 114 Å². The van der Waals surface area contributed by atoms with Crippen molar-refractivity contribution in [2.24, 2.45) is 0 Å². The molecule has 0 saturated carbocycles. The van der Waals surface area contributed by atoms with E-state index in [1.165, 1.54) is 43.3 Å². The molecule has 0 fully saturated rings. The van der Waals surface area contributed by atoms with Gasteiger partial charge < -0.3 is 10.6 Å². The van der Waals surface area contributed by atoms with E-state index < -0.39 is 28.5 Å². The maximum Gasteiger partial charge on any atom is 0.416 e. The molecule has 164 valence electrons. The molecular weight excluding hydrogens is 429 g/mol. The Labute approximate surface area is 179 Å². The number of nitrogens with zero attached hydrogens (tertiary/aromatic N) is 2. The molecule has 0 radical (unpaired) electrons. The molecule has 0 bridgehead atoms. The number of carbonyl (C=O) groups is 2. The van der Waals surface area contributed by atoms with Gasteiger partial charge in [-0.2, -0.15) is 13.2 Å². The van der Waals surface area contributed by atoms with Crippen LogP contribution in [0.4, 0.5) is 30.2 Å². The molecule has 0 saturated heterocycles. The number of halogens is 3. The number of rotatable bonds is 5. The summed E-state index contributed by atoms with van der Waals surface area (Å²) in [5.74, 6) is -1.36. The summed E-state index contributed by atoms with van der Waals surface area (Å²) in [7, 11) is 0. The zero-order valence-electron chi connectivity index (χ0n) is 16.4. The summed E-state index contributed by atoms with van der Waals surface area (Å²) in [5, 5.41) is 15.8. The normalized spacial score (nSPS) is 11.0. The second-order valence-corrected chi connectivity index (χ2v) is 6.65. The minimum atomic E-state index is -4.55. The Hall–Kier alpha value is -4.28. The van der Waals surface area contributed by atoms with Crippen LogP contribution in [0.5, 0.6) is 0 Å². The number of pyridine rings is 1. The first-order chi connectivity index (χ1) is 15.0. The lowest BCUT2D eigenvalue weighted by Gasteiger charge is -2.11. The van der Waals surface area contributed by atoms with Crippen molar-refractivity contribution in [2.45, 2.75) is 13.1 Å². The van der Waals surface area contributed by atoms with Crippen LogP contribution in [0.1, 0.15) is 32.0 Å². The molecule has 32 heavy (non-hydrogen) atoms. The highest BCUT2D eigenvalue weighted by Gasteiger charge is 2.30. The number of hydrogen-bond acceptors (Lipinski definition) is 5. The van der Waals surface area contributed by atoms with Gasteiger partial charge in [0.1, 0.15) is 6.20 Å². The van der Waals surface area contributed by atoms with Crippen LogP contribution in [0.15, 0.2) is 60.8 Å². The third kappa shape index (κ3) is 5.25. The zero-order valence-corrected chi connectivity index (χ0v) is 16.4. The Morgan fingerprint density at radius 3 is 2.25 bits per heavy atom. The van der Waals surface area contributed by atoms with Gasteiger partial charge in [-0.05, 0) is 43.3 Å². The van der Waals surface area contributed by atoms with E-state index in [-0.39, 0.29) is 33.9 Å². The second kappa shape index (κ2) is 8.84. The number of anilines is 2. The molecule has 3 rings (SSSR count). The van der Waals surface area contributed by atoms with Crippen LogP contribution in [-0.4, -0.2) is 21.7 Å². The summed E-state index contributed by atoms with van der Waals surface area (Å²) in [6.07, 6.45) is -3.52. The molecule has 0 aliphatic carbocycles. The molecule has 11 heteroatoms. The lowest BCUT2D eigenvalue weighted by atomic mass is 10.1. The predicted molar refractivity (Wildman–Crippen MR) is 109 cm³/mol. The van der Waals surface area contributed by atoms with Crippen LogP contribution < -0.4 is 10.6 Å². The van der Waals surface area contributed by atoms with E-state index >= 15 is 0 Å². The van der Waals surface area contributed by atoms with Crippen molar-refractivity contribution in [3.8, 4) is 0 Å². The van der Waals surface area contributed by atoms with E-state index in [2.05, 4.69) is 15.6 Å². The van der Waals surface area contributed by atoms with Gasteiger partial charge in [0.05, 0.1) is 21.7 Å². The number of aromatic nitrogens is 1. The fraction of sp³-hybridized carbons (Fsp3) is 0.0952. The van der Waals surface area contributed by atoms with Crippen LogP contribution in [-0.2, 0) is 6.18 Å². The fourth-order valence-corrected chi connectivity index (χ4v) is 2.76. The molecule has 0 spiro atoms. The third-order valence-corrected chi connectivity index (χ3v) is 4.36. The summed E-state index contributed by atoms with van der Waals surface area (Å²) in [6, 6.07) is 11.0. The van der Waals surface area contributed by atoms with Crippen LogP contribution >= 0.6 is 0 Å². The van der Waals surface area contributed by atoms with Gasteiger partial charge in [0.25, 0.3) is 17.5 Å². The molecule has 2 aromatic carbocycles. The van der Waals surface area contributed by atoms with Gasteiger partial charge in [-0.15, -0.1) is 0 Å². The number of hydrogen-bond donors (Lipinski definition) is 2. The minimum Gasteiger partial charge on any atom is -0.322 e. The molecule has 3 aromatic rings. The summed E-state index contributed by atoms with van der Waals surface area (Å²) in [4.78, 5) is 39.1. The van der Waals surface area contributed by atoms with E-state index in [4.69, 9.17) is 0 Å². The highest BCUT2D eigenvalue weighted by atomic mass is 19.4. The molecule has 8 nitrogen and oxygen atoms in total. The van der Waals surface area contributed by atoms with E-state index in [0.717, 1.165) is 24.4 Å². The average molecular weight is 444 g/mol. The Kier molecular flexibility index (Phi) is 6.19. The summed E-state index contributed by atoms with van der Waals surface area (Å²) in [6.45, 7) is 1.51. The lowest BCUT2D eigenvalue weighted by molar-refractivity contribution is -0.385. The Balaban J connectivity index is 1.77. The van der Waals surface area contributed by atoms with E-state index in [1.807, 2.05) is 0 Å². The molecule has 0 atom stereocenters. The van der Waals surface area contributed by atoms with Gasteiger partial charge in [0.15, 0.2) is 0 Å². The SMILES string of the molecule is Cc1ncc([N+](=O)[O-])cc1C(=O)Nc1cccc(C(=O)Nc2cccc(C(F)(F)F)c2)c1. The average Bonchev–Trinajstić information content (AvgIpc) is 2.73. The van der Waals surface area contributed by atoms with Crippen molar-refractivity contribution < 1.29 is 27.7 Å². The number of alkyl halides is 3. The van der Waals surface area contributed by atoms with Crippen LogP contribution in [0, 0.1) is 17.0 Å². The molecule has 2 N–H and O–H groups in total. The second-order valence-electron chi connectivity index (χ2n) is 6.65. The number of nitro groups is 1. The maximum absolute atomic E-state index is 12.8. The van der Waals surface area contributed by atoms with E-state index in [1.54, 1.807) is 0 Å². The molecule has 2 amide bonds. The quantitative estimate of drug-likeness (QED) is 0.433. The molecule has 1 heterocycles. The summed E-state index contributed by atoms with van der Waals surface area (Å²) in [5.41, 5.74) is -0.763. The molecule has 1 aromatic heterocycles. The molecular formula is C21H15F3N4O4. The standard InChI is InChI=1S/C21H15F3N4O4/c1-12-18(10-17(11-25-12)28(31)32)20(30)27-15-6-2-4-13(8-15)19(29)26-16-7-3-5-14(9-16)21(22,23)24/h2-11H,1H3,(H,26,29)(H,27,30).